The van der Waals surface area contributed by atoms with Crippen LogP contribution in [0, 0.1) is 17.0 Å². The van der Waals surface area contributed by atoms with Crippen molar-refractivity contribution in [1.82, 2.24) is 0 Å². The third-order valence-corrected chi connectivity index (χ3v) is 6.87. The highest BCUT2D eigenvalue weighted by atomic mass is 32.2. The molecule has 0 bridgehead atoms. The lowest BCUT2D eigenvalue weighted by Crippen LogP contribution is -3.15. The molecule has 30 heavy (non-hydrogen) atoms. The Morgan fingerprint density at radius 2 is 1.73 bits per heavy atom. The monoisotopic (exact) mass is 436 g/mol. The van der Waals surface area contributed by atoms with Crippen LogP contribution in [0.4, 0.5) is 11.4 Å². The molecule has 1 heterocycles. The topological polar surface area (TPSA) is 114 Å². The lowest BCUT2D eigenvalue weighted by atomic mass is 10.2. The SMILES string of the molecule is Cc1ccc(N(CC(O)C[NH+]2CCOCC2)S(=O)(=O)c2ccc([N+](=O)[O-])cc2)cc1. The fourth-order valence-corrected chi connectivity index (χ4v) is 4.88. The largest absolute Gasteiger partial charge is 0.385 e. The number of rotatable bonds is 8. The molecule has 2 aromatic rings. The van der Waals surface area contributed by atoms with Gasteiger partial charge in [0.1, 0.15) is 25.7 Å². The minimum atomic E-state index is -4.03. The van der Waals surface area contributed by atoms with Crippen molar-refractivity contribution in [3.63, 3.8) is 0 Å². The molecule has 2 N–H and O–H groups in total. The molecule has 9 nitrogen and oxygen atoms in total. The molecular weight excluding hydrogens is 410 g/mol. The second-order valence-electron chi connectivity index (χ2n) is 7.34. The lowest BCUT2D eigenvalue weighted by molar-refractivity contribution is -0.910. The van der Waals surface area contributed by atoms with E-state index in [0.29, 0.717) is 25.4 Å². The summed E-state index contributed by atoms with van der Waals surface area (Å²) in [6.07, 6.45) is -0.882. The average molecular weight is 437 g/mol. The van der Waals surface area contributed by atoms with E-state index in [-0.39, 0.29) is 17.1 Å². The number of sulfonamides is 1. The number of nitro benzene ring substituents is 1. The molecule has 1 atom stereocenters. The van der Waals surface area contributed by atoms with Crippen molar-refractivity contribution in [2.75, 3.05) is 43.7 Å². The molecule has 0 spiro atoms. The minimum Gasteiger partial charge on any atom is -0.385 e. The van der Waals surface area contributed by atoms with Gasteiger partial charge in [-0.25, -0.2) is 8.42 Å². The molecule has 162 valence electrons. The Labute approximate surface area is 175 Å². The summed E-state index contributed by atoms with van der Waals surface area (Å²) < 4.78 is 33.2. The molecule has 0 aliphatic carbocycles. The van der Waals surface area contributed by atoms with E-state index >= 15 is 0 Å². The maximum Gasteiger partial charge on any atom is 0.269 e. The summed E-state index contributed by atoms with van der Waals surface area (Å²) in [5, 5.41) is 21.5. The van der Waals surface area contributed by atoms with Gasteiger partial charge in [0.15, 0.2) is 0 Å². The molecule has 2 aromatic carbocycles. The van der Waals surface area contributed by atoms with Crippen LogP contribution in [-0.4, -0.2) is 63.9 Å². The maximum absolute atomic E-state index is 13.3. The molecule has 10 heteroatoms. The average Bonchev–Trinajstić information content (AvgIpc) is 2.73. The van der Waals surface area contributed by atoms with Crippen LogP contribution in [0.1, 0.15) is 5.56 Å². The summed E-state index contributed by atoms with van der Waals surface area (Å²) >= 11 is 0. The van der Waals surface area contributed by atoms with Crippen LogP contribution in [0.5, 0.6) is 0 Å². The molecule has 0 radical (unpaired) electrons. The summed E-state index contributed by atoms with van der Waals surface area (Å²) in [5.74, 6) is 0. The molecule has 0 saturated carbocycles. The van der Waals surface area contributed by atoms with E-state index < -0.39 is 21.1 Å². The maximum atomic E-state index is 13.3. The highest BCUT2D eigenvalue weighted by molar-refractivity contribution is 7.92. The fourth-order valence-electron chi connectivity index (χ4n) is 3.37. The first kappa shape index (κ1) is 22.2. The second kappa shape index (κ2) is 9.52. The van der Waals surface area contributed by atoms with Crippen molar-refractivity contribution in [2.24, 2.45) is 0 Å². The third kappa shape index (κ3) is 5.33. The van der Waals surface area contributed by atoms with Gasteiger partial charge in [0.25, 0.3) is 15.7 Å². The Bertz CT molecular complexity index is 957. The van der Waals surface area contributed by atoms with Gasteiger partial charge in [-0.05, 0) is 31.2 Å². The highest BCUT2D eigenvalue weighted by Gasteiger charge is 2.29. The normalized spacial score (nSPS) is 16.2. The minimum absolute atomic E-state index is 0.0698. The van der Waals surface area contributed by atoms with Crippen LogP contribution in [-0.2, 0) is 14.8 Å². The van der Waals surface area contributed by atoms with Crippen molar-refractivity contribution in [3.05, 3.63) is 64.2 Å². The zero-order chi connectivity index (χ0) is 21.7. The van der Waals surface area contributed by atoms with E-state index in [1.54, 1.807) is 24.3 Å². The number of nitrogens with zero attached hydrogens (tertiary/aromatic N) is 2. The van der Waals surface area contributed by atoms with Crippen LogP contribution >= 0.6 is 0 Å². The number of aliphatic hydroxyl groups excluding tert-OH is 1. The van der Waals surface area contributed by atoms with Gasteiger partial charge in [-0.3, -0.25) is 14.4 Å². The van der Waals surface area contributed by atoms with E-state index in [9.17, 15) is 23.6 Å². The summed E-state index contributed by atoms with van der Waals surface area (Å²) in [7, 11) is -4.03. The Morgan fingerprint density at radius 3 is 2.30 bits per heavy atom. The van der Waals surface area contributed by atoms with Crippen molar-refractivity contribution in [3.8, 4) is 0 Å². The van der Waals surface area contributed by atoms with Gasteiger partial charge in [0, 0.05) is 12.1 Å². The zero-order valence-corrected chi connectivity index (χ0v) is 17.5. The van der Waals surface area contributed by atoms with E-state index in [4.69, 9.17) is 4.74 Å². The molecule has 1 aliphatic rings. The first-order valence-corrected chi connectivity index (χ1v) is 11.1. The lowest BCUT2D eigenvalue weighted by Gasteiger charge is -2.30. The molecule has 1 unspecified atom stereocenters. The molecule has 1 saturated heterocycles. The molecule has 1 aliphatic heterocycles. The molecular formula is C20H26N3O6S+. The summed E-state index contributed by atoms with van der Waals surface area (Å²) in [6.45, 7) is 4.94. The smallest absolute Gasteiger partial charge is 0.269 e. The third-order valence-electron chi connectivity index (χ3n) is 5.06. The van der Waals surface area contributed by atoms with Crippen LogP contribution in [0.2, 0.25) is 0 Å². The van der Waals surface area contributed by atoms with Crippen LogP contribution in [0.25, 0.3) is 0 Å². The second-order valence-corrected chi connectivity index (χ2v) is 9.21. The Balaban J connectivity index is 1.87. The van der Waals surface area contributed by atoms with Crippen LogP contribution < -0.4 is 9.21 Å². The predicted molar refractivity (Wildman–Crippen MR) is 111 cm³/mol. The highest BCUT2D eigenvalue weighted by Crippen LogP contribution is 2.25. The van der Waals surface area contributed by atoms with E-state index in [1.807, 2.05) is 6.92 Å². The number of benzene rings is 2. The standard InChI is InChI=1S/C20H25N3O6S/c1-16-2-4-17(5-3-16)22(15-19(24)14-21-10-12-29-13-11-21)30(27,28)20-8-6-18(7-9-20)23(25)26/h2-9,19,24H,10-15H2,1H3/p+1. The molecule has 1 fully saturated rings. The van der Waals surface area contributed by atoms with Crippen molar-refractivity contribution < 1.29 is 28.1 Å². The van der Waals surface area contributed by atoms with E-state index in [1.165, 1.54) is 12.1 Å². The number of hydrogen-bond donors (Lipinski definition) is 2. The number of anilines is 1. The van der Waals surface area contributed by atoms with Gasteiger partial charge in [-0.2, -0.15) is 0 Å². The Hall–Kier alpha value is -2.53. The molecule has 0 amide bonds. The number of nitrogens with one attached hydrogen (secondary N) is 1. The van der Waals surface area contributed by atoms with Crippen molar-refractivity contribution >= 4 is 21.4 Å². The fraction of sp³-hybridized carbons (Fsp3) is 0.400. The van der Waals surface area contributed by atoms with Gasteiger partial charge in [-0.1, -0.05) is 17.7 Å². The van der Waals surface area contributed by atoms with Gasteiger partial charge in [0.05, 0.1) is 35.3 Å². The Kier molecular flexibility index (Phi) is 7.03. The Morgan fingerprint density at radius 1 is 1.13 bits per heavy atom. The number of hydrogen-bond acceptors (Lipinski definition) is 6. The van der Waals surface area contributed by atoms with Crippen LogP contribution in [0.3, 0.4) is 0 Å². The first-order valence-electron chi connectivity index (χ1n) is 9.70. The number of non-ortho nitro benzene ring substituents is 1. The van der Waals surface area contributed by atoms with E-state index in [0.717, 1.165) is 40.0 Å². The molecule has 0 aromatic heterocycles. The van der Waals surface area contributed by atoms with Crippen LogP contribution in [0.15, 0.2) is 53.4 Å². The van der Waals surface area contributed by atoms with Crippen molar-refractivity contribution in [2.45, 2.75) is 17.9 Å². The number of nitro groups is 1. The first-order chi connectivity index (χ1) is 14.3. The number of aliphatic hydroxyl groups is 1. The zero-order valence-electron chi connectivity index (χ0n) is 16.7. The number of ether oxygens (including phenoxy) is 1. The predicted octanol–water partition coefficient (Wildman–Crippen LogP) is 0.375. The summed E-state index contributed by atoms with van der Waals surface area (Å²) in [4.78, 5) is 11.4. The van der Waals surface area contributed by atoms with Gasteiger partial charge in [0.2, 0.25) is 0 Å². The number of quaternary nitrogens is 1. The van der Waals surface area contributed by atoms with Gasteiger partial charge in [-0.15, -0.1) is 0 Å². The number of morpholine rings is 1. The van der Waals surface area contributed by atoms with Crippen molar-refractivity contribution in [1.29, 1.82) is 0 Å². The summed E-state index contributed by atoms with van der Waals surface area (Å²) in [6, 6.07) is 11.7. The van der Waals surface area contributed by atoms with Gasteiger partial charge < -0.3 is 14.7 Å². The summed E-state index contributed by atoms with van der Waals surface area (Å²) in [5.41, 5.74) is 1.21. The molecule has 3 rings (SSSR count). The quantitative estimate of drug-likeness (QED) is 0.457. The number of aryl methyl sites for hydroxylation is 1. The van der Waals surface area contributed by atoms with Gasteiger partial charge >= 0.3 is 0 Å². The van der Waals surface area contributed by atoms with E-state index in [2.05, 4.69) is 0 Å².